The van der Waals surface area contributed by atoms with Crippen LogP contribution in [0.25, 0.3) is 10.8 Å². The van der Waals surface area contributed by atoms with Crippen molar-refractivity contribution in [1.82, 2.24) is 10.2 Å². The molecular formula is C19H26N2. The molecule has 2 aromatic rings. The van der Waals surface area contributed by atoms with Crippen LogP contribution in [0.2, 0.25) is 0 Å². The van der Waals surface area contributed by atoms with E-state index in [-0.39, 0.29) is 0 Å². The lowest BCUT2D eigenvalue weighted by Crippen LogP contribution is -2.39. The zero-order valence-corrected chi connectivity index (χ0v) is 13.2. The van der Waals surface area contributed by atoms with Gasteiger partial charge in [-0.15, -0.1) is 0 Å². The minimum absolute atomic E-state index is 0.396. The highest BCUT2D eigenvalue weighted by atomic mass is 15.2. The van der Waals surface area contributed by atoms with E-state index in [0.29, 0.717) is 12.1 Å². The first-order valence-corrected chi connectivity index (χ1v) is 8.19. The van der Waals surface area contributed by atoms with E-state index in [1.165, 1.54) is 42.3 Å². The van der Waals surface area contributed by atoms with Crippen molar-refractivity contribution >= 4 is 10.8 Å². The number of hydrogen-bond donors (Lipinski definition) is 1. The Morgan fingerprint density at radius 2 is 1.71 bits per heavy atom. The highest BCUT2D eigenvalue weighted by Gasteiger charge is 2.16. The Labute approximate surface area is 128 Å². The van der Waals surface area contributed by atoms with Gasteiger partial charge in [-0.25, -0.2) is 0 Å². The molecule has 1 heterocycles. The predicted molar refractivity (Wildman–Crippen MR) is 90.6 cm³/mol. The number of nitrogens with zero attached hydrogens (tertiary/aromatic N) is 1. The van der Waals surface area contributed by atoms with E-state index in [0.717, 1.165) is 6.54 Å². The molecule has 0 aliphatic carbocycles. The van der Waals surface area contributed by atoms with Crippen molar-refractivity contribution in [3.05, 3.63) is 48.0 Å². The summed E-state index contributed by atoms with van der Waals surface area (Å²) < 4.78 is 0. The molecule has 1 N–H and O–H groups in total. The highest BCUT2D eigenvalue weighted by Crippen LogP contribution is 2.20. The summed E-state index contributed by atoms with van der Waals surface area (Å²) in [6, 6.07) is 16.3. The summed E-state index contributed by atoms with van der Waals surface area (Å²) >= 11 is 0. The van der Waals surface area contributed by atoms with Crippen LogP contribution in [0.1, 0.15) is 38.3 Å². The van der Waals surface area contributed by atoms with E-state index < -0.39 is 0 Å². The molecule has 1 aliphatic heterocycles. The third-order valence-electron chi connectivity index (χ3n) is 4.54. The molecule has 2 unspecified atom stereocenters. The van der Waals surface area contributed by atoms with Crippen molar-refractivity contribution in [2.45, 2.75) is 38.8 Å². The molecule has 2 heteroatoms. The first kappa shape index (κ1) is 14.6. The summed E-state index contributed by atoms with van der Waals surface area (Å²) in [5, 5.41) is 6.39. The van der Waals surface area contributed by atoms with Crippen LogP contribution in [-0.4, -0.2) is 30.6 Å². The Morgan fingerprint density at radius 1 is 1.00 bits per heavy atom. The summed E-state index contributed by atoms with van der Waals surface area (Å²) in [5.74, 6) is 0. The van der Waals surface area contributed by atoms with Gasteiger partial charge in [0.1, 0.15) is 0 Å². The van der Waals surface area contributed by atoms with Gasteiger partial charge in [0.05, 0.1) is 0 Å². The lowest BCUT2D eigenvalue weighted by atomic mass is 10.0. The second-order valence-electron chi connectivity index (χ2n) is 6.40. The van der Waals surface area contributed by atoms with Gasteiger partial charge in [-0.2, -0.15) is 0 Å². The van der Waals surface area contributed by atoms with Gasteiger partial charge in [0.2, 0.25) is 0 Å². The Bertz CT molecular complexity index is 587. The molecule has 2 nitrogen and oxygen atoms in total. The van der Waals surface area contributed by atoms with Crippen molar-refractivity contribution in [2.24, 2.45) is 0 Å². The summed E-state index contributed by atoms with van der Waals surface area (Å²) in [7, 11) is 0. The molecule has 0 amide bonds. The van der Waals surface area contributed by atoms with E-state index in [1.807, 2.05) is 0 Å². The average Bonchev–Trinajstić information content (AvgIpc) is 2.99. The maximum atomic E-state index is 3.75. The quantitative estimate of drug-likeness (QED) is 0.892. The number of rotatable bonds is 5. The molecule has 0 radical (unpaired) electrons. The molecule has 112 valence electrons. The fraction of sp³-hybridized carbons (Fsp3) is 0.474. The Kier molecular flexibility index (Phi) is 4.57. The zero-order valence-electron chi connectivity index (χ0n) is 13.2. The first-order valence-electron chi connectivity index (χ1n) is 8.19. The number of benzene rings is 2. The molecule has 0 saturated carbocycles. The molecule has 0 aromatic heterocycles. The smallest absolute Gasteiger partial charge is 0.0294 e. The van der Waals surface area contributed by atoms with E-state index in [4.69, 9.17) is 0 Å². The largest absolute Gasteiger partial charge is 0.306 e. The maximum Gasteiger partial charge on any atom is 0.0294 e. The molecule has 2 atom stereocenters. The normalized spacial score (nSPS) is 19.0. The van der Waals surface area contributed by atoms with Crippen molar-refractivity contribution in [3.63, 3.8) is 0 Å². The Morgan fingerprint density at radius 3 is 2.48 bits per heavy atom. The lowest BCUT2D eigenvalue weighted by molar-refractivity contribution is 0.289. The molecule has 1 fully saturated rings. The van der Waals surface area contributed by atoms with Gasteiger partial charge >= 0.3 is 0 Å². The van der Waals surface area contributed by atoms with Crippen molar-refractivity contribution in [2.75, 3.05) is 19.6 Å². The van der Waals surface area contributed by atoms with Crippen LogP contribution in [0.5, 0.6) is 0 Å². The van der Waals surface area contributed by atoms with Crippen LogP contribution in [0, 0.1) is 0 Å². The SMILES string of the molecule is CC(CN1CCCC1)NC(C)c1ccc2ccccc2c1. The van der Waals surface area contributed by atoms with Gasteiger partial charge in [0.25, 0.3) is 0 Å². The monoisotopic (exact) mass is 282 g/mol. The zero-order chi connectivity index (χ0) is 14.7. The summed E-state index contributed by atoms with van der Waals surface area (Å²) in [5.41, 5.74) is 1.38. The third-order valence-corrected chi connectivity index (χ3v) is 4.54. The van der Waals surface area contributed by atoms with Gasteiger partial charge in [0, 0.05) is 18.6 Å². The third kappa shape index (κ3) is 3.63. The average molecular weight is 282 g/mol. The number of fused-ring (bicyclic) bond motifs is 1. The fourth-order valence-electron chi connectivity index (χ4n) is 3.41. The maximum absolute atomic E-state index is 3.75. The van der Waals surface area contributed by atoms with Crippen LogP contribution >= 0.6 is 0 Å². The van der Waals surface area contributed by atoms with Crippen molar-refractivity contribution < 1.29 is 0 Å². The van der Waals surface area contributed by atoms with Gasteiger partial charge < -0.3 is 10.2 Å². The lowest BCUT2D eigenvalue weighted by Gasteiger charge is -2.25. The molecular weight excluding hydrogens is 256 g/mol. The van der Waals surface area contributed by atoms with Gasteiger partial charge in [-0.1, -0.05) is 36.4 Å². The standard InChI is InChI=1S/C19H26N2/c1-15(14-21-11-5-6-12-21)20-16(2)18-10-9-17-7-3-4-8-19(17)13-18/h3-4,7-10,13,15-16,20H,5-6,11-12,14H2,1-2H3. The van der Waals surface area contributed by atoms with Crippen LogP contribution in [0.3, 0.4) is 0 Å². The molecule has 3 rings (SSSR count). The minimum atomic E-state index is 0.396. The number of hydrogen-bond acceptors (Lipinski definition) is 2. The van der Waals surface area contributed by atoms with Crippen molar-refractivity contribution in [3.8, 4) is 0 Å². The highest BCUT2D eigenvalue weighted by molar-refractivity contribution is 5.83. The van der Waals surface area contributed by atoms with Crippen molar-refractivity contribution in [1.29, 1.82) is 0 Å². The first-order chi connectivity index (χ1) is 10.2. The Hall–Kier alpha value is -1.38. The van der Waals surface area contributed by atoms with Gasteiger partial charge in [-0.05, 0) is 62.2 Å². The molecule has 0 bridgehead atoms. The van der Waals surface area contributed by atoms with E-state index >= 15 is 0 Å². The number of likely N-dealkylation sites (tertiary alicyclic amines) is 1. The Balaban J connectivity index is 1.63. The summed E-state index contributed by atoms with van der Waals surface area (Å²) in [6.07, 6.45) is 2.74. The fourth-order valence-corrected chi connectivity index (χ4v) is 3.41. The summed E-state index contributed by atoms with van der Waals surface area (Å²) in [4.78, 5) is 2.57. The molecule has 21 heavy (non-hydrogen) atoms. The van der Waals surface area contributed by atoms with Crippen LogP contribution in [0.4, 0.5) is 0 Å². The second kappa shape index (κ2) is 6.59. The van der Waals surface area contributed by atoms with Gasteiger partial charge in [0.15, 0.2) is 0 Å². The second-order valence-corrected chi connectivity index (χ2v) is 6.40. The van der Waals surface area contributed by atoms with Gasteiger partial charge in [-0.3, -0.25) is 0 Å². The molecule has 2 aromatic carbocycles. The number of nitrogens with one attached hydrogen (secondary N) is 1. The van der Waals surface area contributed by atoms with Crippen LogP contribution < -0.4 is 5.32 Å². The van der Waals surface area contributed by atoms with E-state index in [2.05, 4.69) is 66.5 Å². The predicted octanol–water partition coefficient (Wildman–Crippen LogP) is 3.97. The van der Waals surface area contributed by atoms with Crippen LogP contribution in [-0.2, 0) is 0 Å². The molecule has 1 saturated heterocycles. The minimum Gasteiger partial charge on any atom is -0.306 e. The summed E-state index contributed by atoms with van der Waals surface area (Å²) in [6.45, 7) is 8.28. The molecule has 1 aliphatic rings. The topological polar surface area (TPSA) is 15.3 Å². The molecule has 0 spiro atoms. The van der Waals surface area contributed by atoms with E-state index in [1.54, 1.807) is 0 Å². The van der Waals surface area contributed by atoms with Crippen LogP contribution in [0.15, 0.2) is 42.5 Å². The van der Waals surface area contributed by atoms with E-state index in [9.17, 15) is 0 Å².